The Morgan fingerprint density at radius 3 is 3.00 bits per heavy atom. The number of anilines is 1. The molecular weight excluding hydrogens is 324 g/mol. The van der Waals surface area contributed by atoms with Crippen LogP contribution in [-0.2, 0) is 9.53 Å². The van der Waals surface area contributed by atoms with Gasteiger partial charge in [0.15, 0.2) is 6.61 Å². The van der Waals surface area contributed by atoms with Gasteiger partial charge in [0.25, 0.3) is 5.91 Å². The van der Waals surface area contributed by atoms with Crippen molar-refractivity contribution in [2.75, 3.05) is 25.1 Å². The van der Waals surface area contributed by atoms with Crippen molar-refractivity contribution in [3.63, 3.8) is 0 Å². The van der Waals surface area contributed by atoms with Crippen LogP contribution in [0.3, 0.4) is 0 Å². The number of fused-ring (bicyclic) bond motifs is 1. The maximum absolute atomic E-state index is 11.8. The molecule has 1 aromatic carbocycles. The summed E-state index contributed by atoms with van der Waals surface area (Å²) in [6, 6.07) is 4.51. The topological polar surface area (TPSA) is 88.7 Å². The highest BCUT2D eigenvalue weighted by molar-refractivity contribution is 5.95. The zero-order valence-corrected chi connectivity index (χ0v) is 13.1. The molecule has 1 aliphatic rings. The summed E-state index contributed by atoms with van der Waals surface area (Å²) in [5, 5.41) is 7.98. The molecule has 0 saturated carbocycles. The van der Waals surface area contributed by atoms with E-state index in [-0.39, 0.29) is 38.1 Å². The van der Waals surface area contributed by atoms with Crippen molar-refractivity contribution in [2.24, 2.45) is 0 Å². The molecule has 7 nitrogen and oxygen atoms in total. The van der Waals surface area contributed by atoms with Gasteiger partial charge in [-0.25, -0.2) is 4.79 Å². The molecule has 1 aliphatic heterocycles. The van der Waals surface area contributed by atoms with E-state index in [0.29, 0.717) is 11.4 Å². The smallest absolute Gasteiger partial charge is 0.345 e. The van der Waals surface area contributed by atoms with Gasteiger partial charge in [0, 0.05) is 6.54 Å². The third-order valence-corrected chi connectivity index (χ3v) is 3.33. The van der Waals surface area contributed by atoms with E-state index in [9.17, 15) is 18.4 Å². The van der Waals surface area contributed by atoms with E-state index in [0.717, 1.165) is 5.56 Å². The molecule has 1 heterocycles. The monoisotopic (exact) mass is 343 g/mol. The summed E-state index contributed by atoms with van der Waals surface area (Å²) in [7, 11) is 0. The van der Waals surface area contributed by atoms with Crippen molar-refractivity contribution < 1.29 is 27.8 Å². The van der Waals surface area contributed by atoms with Gasteiger partial charge in [-0.15, -0.1) is 0 Å². The van der Waals surface area contributed by atoms with Gasteiger partial charge in [-0.2, -0.15) is 8.78 Å². The number of hydrogen-bond acceptors (Lipinski definition) is 4. The predicted molar refractivity (Wildman–Crippen MR) is 82.1 cm³/mol. The number of urea groups is 1. The minimum Gasteiger partial charge on any atom is -0.482 e. The molecule has 132 valence electrons. The second-order valence-electron chi connectivity index (χ2n) is 5.20. The average molecular weight is 343 g/mol. The average Bonchev–Trinajstić information content (AvgIpc) is 2.53. The first-order valence-electron chi connectivity index (χ1n) is 7.46. The van der Waals surface area contributed by atoms with Crippen molar-refractivity contribution >= 4 is 17.6 Å². The number of rotatable bonds is 7. The molecule has 1 atom stereocenters. The number of halogens is 2. The summed E-state index contributed by atoms with van der Waals surface area (Å²) in [5.74, 6) is 0.345. The number of nitrogens with one attached hydrogen (secondary N) is 3. The van der Waals surface area contributed by atoms with Crippen LogP contribution < -0.4 is 20.7 Å². The number of alkyl halides is 2. The fraction of sp³-hybridized carbons (Fsp3) is 0.467. The fourth-order valence-corrected chi connectivity index (χ4v) is 2.15. The first-order valence-corrected chi connectivity index (χ1v) is 7.46. The molecule has 0 unspecified atom stereocenters. The first-order chi connectivity index (χ1) is 11.5. The van der Waals surface area contributed by atoms with Crippen LogP contribution in [0.4, 0.5) is 19.3 Å². The standard InChI is InChI=1S/C15H19F2N3O4/c1-9(19-15(22)18-5-2-6-23-14(16)17)10-3-4-12-11(7-10)20-13(21)8-24-12/h3-4,7,9,14H,2,5-6,8H2,1H3,(H,20,21)(H2,18,19,22)/t9-/m1/s1. The van der Waals surface area contributed by atoms with Crippen LogP contribution in [0.15, 0.2) is 18.2 Å². The summed E-state index contributed by atoms with van der Waals surface area (Å²) >= 11 is 0. The summed E-state index contributed by atoms with van der Waals surface area (Å²) in [6.07, 6.45) is 0.286. The Morgan fingerprint density at radius 1 is 1.46 bits per heavy atom. The van der Waals surface area contributed by atoms with Crippen molar-refractivity contribution in [2.45, 2.75) is 26.0 Å². The van der Waals surface area contributed by atoms with E-state index in [2.05, 4.69) is 20.7 Å². The van der Waals surface area contributed by atoms with Gasteiger partial charge < -0.3 is 25.4 Å². The fourth-order valence-electron chi connectivity index (χ4n) is 2.15. The Labute approximate surface area is 137 Å². The number of amides is 3. The molecule has 3 amide bonds. The van der Waals surface area contributed by atoms with Crippen molar-refractivity contribution in [3.05, 3.63) is 23.8 Å². The minimum absolute atomic E-state index is 0.0160. The van der Waals surface area contributed by atoms with E-state index < -0.39 is 12.6 Å². The number of hydrogen-bond donors (Lipinski definition) is 3. The zero-order chi connectivity index (χ0) is 17.5. The molecule has 0 spiro atoms. The van der Waals surface area contributed by atoms with E-state index in [1.807, 2.05) is 0 Å². The molecule has 0 radical (unpaired) electrons. The van der Waals surface area contributed by atoms with Gasteiger partial charge in [-0.1, -0.05) is 6.07 Å². The predicted octanol–water partition coefficient (Wildman–Crippen LogP) is 2.01. The lowest BCUT2D eigenvalue weighted by Crippen LogP contribution is -2.37. The van der Waals surface area contributed by atoms with Crippen molar-refractivity contribution in [3.8, 4) is 5.75 Å². The van der Waals surface area contributed by atoms with Gasteiger partial charge >= 0.3 is 12.6 Å². The van der Waals surface area contributed by atoms with Gasteiger partial charge in [0.05, 0.1) is 18.3 Å². The molecule has 0 aliphatic carbocycles. The molecule has 9 heteroatoms. The highest BCUT2D eigenvalue weighted by Crippen LogP contribution is 2.30. The van der Waals surface area contributed by atoms with Crippen LogP contribution in [0, 0.1) is 0 Å². The first kappa shape index (κ1) is 17.9. The van der Waals surface area contributed by atoms with Crippen LogP contribution >= 0.6 is 0 Å². The summed E-state index contributed by atoms with van der Waals surface area (Å²) in [4.78, 5) is 23.1. The van der Waals surface area contributed by atoms with E-state index in [4.69, 9.17) is 4.74 Å². The SMILES string of the molecule is C[C@@H](NC(=O)NCCCOC(F)F)c1ccc2c(c1)NC(=O)CO2. The van der Waals surface area contributed by atoms with E-state index >= 15 is 0 Å². The molecule has 0 saturated heterocycles. The van der Waals surface area contributed by atoms with E-state index in [1.54, 1.807) is 25.1 Å². The lowest BCUT2D eigenvalue weighted by molar-refractivity contribution is -0.128. The Balaban J connectivity index is 1.79. The lowest BCUT2D eigenvalue weighted by atomic mass is 10.1. The molecule has 0 fully saturated rings. The second kappa shape index (κ2) is 8.44. The molecule has 1 aromatic rings. The largest absolute Gasteiger partial charge is 0.482 e. The Kier molecular flexibility index (Phi) is 6.30. The minimum atomic E-state index is -2.80. The molecular formula is C15H19F2N3O4. The summed E-state index contributed by atoms with van der Waals surface area (Å²) in [5.41, 5.74) is 1.35. The van der Waals surface area contributed by atoms with Gasteiger partial charge in [0.2, 0.25) is 0 Å². The highest BCUT2D eigenvalue weighted by Gasteiger charge is 2.18. The summed E-state index contributed by atoms with van der Waals surface area (Å²) in [6.45, 7) is -0.936. The van der Waals surface area contributed by atoms with E-state index in [1.165, 1.54) is 0 Å². The van der Waals surface area contributed by atoms with Crippen LogP contribution in [0.25, 0.3) is 0 Å². The molecule has 2 rings (SSSR count). The Bertz CT molecular complexity index is 598. The number of carbonyl (C=O) groups excluding carboxylic acids is 2. The summed E-state index contributed by atoms with van der Waals surface area (Å²) < 4.78 is 32.9. The van der Waals surface area contributed by atoms with Crippen LogP contribution in [0.1, 0.15) is 24.9 Å². The van der Waals surface area contributed by atoms with Gasteiger partial charge in [0.1, 0.15) is 5.75 Å². The zero-order valence-electron chi connectivity index (χ0n) is 13.1. The molecule has 24 heavy (non-hydrogen) atoms. The lowest BCUT2D eigenvalue weighted by Gasteiger charge is -2.21. The van der Waals surface area contributed by atoms with Crippen LogP contribution in [0.2, 0.25) is 0 Å². The Hall–Kier alpha value is -2.42. The number of benzene rings is 1. The molecule has 0 aromatic heterocycles. The van der Waals surface area contributed by atoms with Gasteiger partial charge in [-0.05, 0) is 31.0 Å². The highest BCUT2D eigenvalue weighted by atomic mass is 19.3. The maximum atomic E-state index is 11.8. The van der Waals surface area contributed by atoms with Crippen molar-refractivity contribution in [1.82, 2.24) is 10.6 Å². The van der Waals surface area contributed by atoms with Gasteiger partial charge in [-0.3, -0.25) is 4.79 Å². The number of ether oxygens (including phenoxy) is 2. The quantitative estimate of drug-likeness (QED) is 0.661. The molecule has 0 bridgehead atoms. The third kappa shape index (κ3) is 5.34. The Morgan fingerprint density at radius 2 is 2.25 bits per heavy atom. The molecule has 3 N–H and O–H groups in total. The van der Waals surface area contributed by atoms with Crippen molar-refractivity contribution in [1.29, 1.82) is 0 Å². The number of carbonyl (C=O) groups is 2. The normalized spacial score (nSPS) is 14.4. The van der Waals surface area contributed by atoms with Crippen LogP contribution in [0.5, 0.6) is 5.75 Å². The maximum Gasteiger partial charge on any atom is 0.345 e. The third-order valence-electron chi connectivity index (χ3n) is 3.33. The van der Waals surface area contributed by atoms with Crippen LogP contribution in [-0.4, -0.2) is 38.3 Å². The second-order valence-corrected chi connectivity index (χ2v) is 5.20.